The van der Waals surface area contributed by atoms with E-state index in [4.69, 9.17) is 15.2 Å². The number of ether oxygens (including phenoxy) is 2. The first-order chi connectivity index (χ1) is 23.6. The number of benzene rings is 3. The topological polar surface area (TPSA) is 137 Å². The van der Waals surface area contributed by atoms with Gasteiger partial charge in [-0.2, -0.15) is 0 Å². The second kappa shape index (κ2) is 20.7. The first-order valence-corrected chi connectivity index (χ1v) is 23.4. The van der Waals surface area contributed by atoms with E-state index in [2.05, 4.69) is 98.9 Å². The van der Waals surface area contributed by atoms with Crippen LogP contribution >= 0.6 is 42.4 Å². The molecule has 2 atom stereocenters. The van der Waals surface area contributed by atoms with E-state index in [1.807, 2.05) is 18.2 Å². The Kier molecular flexibility index (Phi) is 17.1. The van der Waals surface area contributed by atoms with Gasteiger partial charge in [0, 0.05) is 0 Å². The number of nitrogens with two attached hydrogens (primary N) is 1. The van der Waals surface area contributed by atoms with Gasteiger partial charge in [-0.25, -0.2) is 0 Å². The Morgan fingerprint density at radius 3 is 1.84 bits per heavy atom. The number of esters is 2. The molecule has 3 aromatic rings. The van der Waals surface area contributed by atoms with Crippen molar-refractivity contribution >= 4 is 82.0 Å². The van der Waals surface area contributed by atoms with Gasteiger partial charge in [0.15, 0.2) is 0 Å². The van der Waals surface area contributed by atoms with Crippen molar-refractivity contribution < 1.29 is 28.7 Å². The van der Waals surface area contributed by atoms with E-state index in [1.165, 1.54) is 26.7 Å². The third-order valence-corrected chi connectivity index (χ3v) is 20.4. The summed E-state index contributed by atoms with van der Waals surface area (Å²) in [6, 6.07) is 30.3. The number of rotatable bonds is 21. The van der Waals surface area contributed by atoms with Crippen LogP contribution in [-0.2, 0) is 28.7 Å². The molecule has 0 aromatic heterocycles. The second-order valence-electron chi connectivity index (χ2n) is 11.3. The molecule has 9 nitrogen and oxygen atoms in total. The molecule has 4 N–H and O–H groups in total. The Hall–Kier alpha value is -2.89. The summed E-state index contributed by atoms with van der Waals surface area (Å²) >= 11 is 4.50. The number of halogens is 1. The van der Waals surface area contributed by atoms with Crippen molar-refractivity contribution in [1.29, 1.82) is 0 Å². The minimum Gasteiger partial charge on any atom is -0.465 e. The van der Waals surface area contributed by atoms with Crippen LogP contribution in [0.2, 0.25) is 0 Å². The fraction of sp³-hybridized carbons (Fsp3) is 0.389. The smallest absolute Gasteiger partial charge is 0.465 e. The summed E-state index contributed by atoms with van der Waals surface area (Å²) in [4.78, 5) is 49.4. The van der Waals surface area contributed by atoms with Gasteiger partial charge in [0.2, 0.25) is 0 Å². The van der Waals surface area contributed by atoms with Crippen molar-refractivity contribution in [2.24, 2.45) is 5.73 Å². The maximum absolute atomic E-state index is 13.0. The minimum atomic E-state index is -2.99. The molecule has 0 aliphatic rings. The molecule has 0 aliphatic carbocycles. The fourth-order valence-corrected chi connectivity index (χ4v) is 15.5. The number of hydrogen-bond donors (Lipinski definition) is 3. The third kappa shape index (κ3) is 11.6. The number of carbonyl (C=O) groups is 4. The quantitative estimate of drug-likeness (QED) is 0.0601. The molecule has 13 heteroatoms. The fourth-order valence-electron chi connectivity index (χ4n) is 5.39. The van der Waals surface area contributed by atoms with Gasteiger partial charge in [-0.05, 0) is 13.8 Å². The predicted molar refractivity (Wildman–Crippen MR) is 209 cm³/mol. The van der Waals surface area contributed by atoms with Gasteiger partial charge in [-0.15, -0.1) is 0 Å². The number of nitrogens with one attached hydrogen (secondary N) is 2. The van der Waals surface area contributed by atoms with Crippen molar-refractivity contribution in [1.82, 2.24) is 10.6 Å². The van der Waals surface area contributed by atoms with Gasteiger partial charge in [-0.3, -0.25) is 9.59 Å². The van der Waals surface area contributed by atoms with E-state index in [0.29, 0.717) is 0 Å². The normalized spacial score (nSPS) is 13.3. The molecule has 266 valence electrons. The molecule has 0 saturated carbocycles. The zero-order valence-electron chi connectivity index (χ0n) is 28.1. The number of amides is 2. The van der Waals surface area contributed by atoms with Crippen molar-refractivity contribution in [2.45, 2.75) is 51.6 Å². The van der Waals surface area contributed by atoms with Gasteiger partial charge in [-0.1, -0.05) is 0 Å². The van der Waals surface area contributed by atoms with Crippen LogP contribution in [0.3, 0.4) is 0 Å². The summed E-state index contributed by atoms with van der Waals surface area (Å²) in [6.07, 6.45) is 2.85. The molecule has 0 aliphatic heterocycles. The van der Waals surface area contributed by atoms with Gasteiger partial charge in [0.05, 0.1) is 13.2 Å². The van der Waals surface area contributed by atoms with Gasteiger partial charge >= 0.3 is 249 Å². The zero-order chi connectivity index (χ0) is 35.6. The molecule has 0 bridgehead atoms. The van der Waals surface area contributed by atoms with Crippen LogP contribution in [0.4, 0.5) is 0 Å². The van der Waals surface area contributed by atoms with Crippen LogP contribution in [-0.4, -0.2) is 73.3 Å². The van der Waals surface area contributed by atoms with Crippen LogP contribution < -0.4 is 32.3 Å². The van der Waals surface area contributed by atoms with E-state index in [0.717, 1.165) is 24.8 Å². The van der Waals surface area contributed by atoms with E-state index in [9.17, 15) is 19.2 Å². The molecule has 0 spiro atoms. The monoisotopic (exact) mass is 791 g/mol. The van der Waals surface area contributed by atoms with Crippen LogP contribution in [0, 0.1) is 0 Å². The van der Waals surface area contributed by atoms with Gasteiger partial charge < -0.3 is 15.2 Å². The van der Waals surface area contributed by atoms with Gasteiger partial charge in [0.1, 0.15) is 6.04 Å². The predicted octanol–water partition coefficient (Wildman–Crippen LogP) is 4.82. The molecule has 0 fully saturated rings. The summed E-state index contributed by atoms with van der Waals surface area (Å²) in [7, 11) is 3.12. The Morgan fingerprint density at radius 2 is 1.33 bits per heavy atom. The first-order valence-electron chi connectivity index (χ1n) is 16.4. The number of hydrogen-bond acceptors (Lipinski definition) is 9. The van der Waals surface area contributed by atoms with Crippen molar-refractivity contribution in [3.63, 3.8) is 0 Å². The second-order valence-corrected chi connectivity index (χ2v) is 23.0. The molecule has 3 aromatic carbocycles. The maximum atomic E-state index is 13.0. The molecular weight excluding hydrogens is 745 g/mol. The molecule has 0 heterocycles. The summed E-state index contributed by atoms with van der Waals surface area (Å²) < 4.78 is 9.81. The van der Waals surface area contributed by atoms with Crippen molar-refractivity contribution in [2.75, 3.05) is 37.4 Å². The molecule has 3 rings (SSSR count). The van der Waals surface area contributed by atoms with Gasteiger partial charge in [0.25, 0.3) is 0 Å². The number of carbonyl (C=O) groups excluding carboxylic acids is 4. The SMILES string of the molecule is CCOC(=O)CNC(=O)C(CSSCCCCP(Br)(c1ccccc1)(c1ccccc1)c1ccccc1)NC(=O)CCC(N)C(=O)OCC. The average Bonchev–Trinajstić information content (AvgIpc) is 3.13. The van der Waals surface area contributed by atoms with E-state index in [-0.39, 0.29) is 38.4 Å². The van der Waals surface area contributed by atoms with Crippen LogP contribution in [0.1, 0.15) is 39.5 Å². The van der Waals surface area contributed by atoms with E-state index >= 15 is 0 Å². The Labute approximate surface area is 305 Å². The van der Waals surface area contributed by atoms with E-state index in [1.54, 1.807) is 24.6 Å². The van der Waals surface area contributed by atoms with Crippen molar-refractivity contribution in [3.8, 4) is 0 Å². The molecule has 2 amide bonds. The number of unbranched alkanes of at least 4 members (excludes halogenated alkanes) is 1. The molecule has 2 unspecified atom stereocenters. The van der Waals surface area contributed by atoms with Crippen LogP contribution in [0.15, 0.2) is 91.0 Å². The summed E-state index contributed by atoms with van der Waals surface area (Å²) in [5.74, 6) is -0.934. The average molecular weight is 793 g/mol. The standard InChI is InChI=1S/C36H47BrN3O6PS2/c1-3-45-34(42)26-39-35(43)32(40-33(41)23-22-31(38)36(44)46-4-2)27-49-48-25-15-14-24-47(37,28-16-8-5-9-17-28,29-18-10-6-11-19-29)30-20-12-7-13-21-30/h5-13,16-21,31-32H,3-4,14-15,22-27,38H2,1-2H3,(H,39,43)(H,40,41). The van der Waals surface area contributed by atoms with Crippen LogP contribution in [0.25, 0.3) is 0 Å². The van der Waals surface area contributed by atoms with Crippen molar-refractivity contribution in [3.05, 3.63) is 91.0 Å². The Bertz CT molecular complexity index is 1390. The Balaban J connectivity index is 1.63. The molecule has 49 heavy (non-hydrogen) atoms. The van der Waals surface area contributed by atoms with Crippen LogP contribution in [0.5, 0.6) is 0 Å². The molecular formula is C36H47BrN3O6PS2. The zero-order valence-corrected chi connectivity index (χ0v) is 32.2. The summed E-state index contributed by atoms with van der Waals surface area (Å²) in [5, 5.41) is 6.13. The summed E-state index contributed by atoms with van der Waals surface area (Å²) in [5.41, 5.74) is 5.83. The molecule has 0 saturated heterocycles. The van der Waals surface area contributed by atoms with E-state index < -0.39 is 41.1 Å². The Morgan fingerprint density at radius 1 is 0.796 bits per heavy atom. The summed E-state index contributed by atoms with van der Waals surface area (Å²) in [6.45, 7) is 3.46. The first kappa shape index (κ1) is 40.5. The minimum absolute atomic E-state index is 0.0534. The molecule has 0 radical (unpaired) electrons. The third-order valence-electron chi connectivity index (χ3n) is 7.89.